The van der Waals surface area contributed by atoms with E-state index < -0.39 is 6.61 Å². The molecule has 6 heteroatoms. The first kappa shape index (κ1) is 18.4. The molecular weight excluding hydrogens is 328 g/mol. The molecular formula is C19H19F2NO3. The van der Waals surface area contributed by atoms with Gasteiger partial charge in [0, 0.05) is 25.3 Å². The molecule has 0 heterocycles. The van der Waals surface area contributed by atoms with Crippen molar-refractivity contribution >= 4 is 17.5 Å². The van der Waals surface area contributed by atoms with Gasteiger partial charge in [0.1, 0.15) is 0 Å². The minimum atomic E-state index is -2.95. The molecule has 0 atom stereocenters. The summed E-state index contributed by atoms with van der Waals surface area (Å²) < 4.78 is 34.3. The molecule has 0 spiro atoms. The number of hydrogen-bond acceptors (Lipinski definition) is 4. The highest BCUT2D eigenvalue weighted by atomic mass is 19.3. The van der Waals surface area contributed by atoms with Crippen LogP contribution in [0, 0.1) is 0 Å². The third-order valence-corrected chi connectivity index (χ3v) is 3.50. The molecule has 0 amide bonds. The summed E-state index contributed by atoms with van der Waals surface area (Å²) in [5.41, 5.74) is 2.08. The van der Waals surface area contributed by atoms with Gasteiger partial charge in [0.25, 0.3) is 0 Å². The van der Waals surface area contributed by atoms with Crippen molar-refractivity contribution in [3.63, 3.8) is 0 Å². The Labute approximate surface area is 145 Å². The third-order valence-electron chi connectivity index (χ3n) is 3.50. The van der Waals surface area contributed by atoms with E-state index in [4.69, 9.17) is 4.74 Å². The fourth-order valence-electron chi connectivity index (χ4n) is 2.18. The molecule has 0 unspecified atom stereocenters. The highest BCUT2D eigenvalue weighted by molar-refractivity contribution is 6.07. The van der Waals surface area contributed by atoms with Crippen LogP contribution in [0.2, 0.25) is 0 Å². The van der Waals surface area contributed by atoms with E-state index in [-0.39, 0.29) is 17.3 Å². The van der Waals surface area contributed by atoms with E-state index in [2.05, 4.69) is 4.74 Å². The number of hydrogen-bond donors (Lipinski definition) is 0. The largest absolute Gasteiger partial charge is 0.493 e. The van der Waals surface area contributed by atoms with E-state index in [9.17, 15) is 13.6 Å². The Kier molecular flexibility index (Phi) is 6.11. The van der Waals surface area contributed by atoms with Gasteiger partial charge in [0.2, 0.25) is 0 Å². The molecule has 132 valence electrons. The first-order valence-corrected chi connectivity index (χ1v) is 7.53. The lowest BCUT2D eigenvalue weighted by atomic mass is 10.1. The van der Waals surface area contributed by atoms with Gasteiger partial charge in [-0.25, -0.2) is 0 Å². The molecule has 25 heavy (non-hydrogen) atoms. The van der Waals surface area contributed by atoms with Crippen molar-refractivity contribution in [2.75, 3.05) is 26.1 Å². The van der Waals surface area contributed by atoms with Gasteiger partial charge in [-0.2, -0.15) is 8.78 Å². The van der Waals surface area contributed by atoms with Crippen molar-refractivity contribution in [1.82, 2.24) is 0 Å². The number of nitrogens with zero attached hydrogens (tertiary/aromatic N) is 1. The number of benzene rings is 2. The van der Waals surface area contributed by atoms with Crippen LogP contribution in [0.25, 0.3) is 6.08 Å². The van der Waals surface area contributed by atoms with Crippen molar-refractivity contribution in [2.45, 2.75) is 6.61 Å². The second kappa shape index (κ2) is 8.28. The Morgan fingerprint density at radius 1 is 1.08 bits per heavy atom. The van der Waals surface area contributed by atoms with Gasteiger partial charge in [0.15, 0.2) is 17.3 Å². The molecule has 4 nitrogen and oxygen atoms in total. The van der Waals surface area contributed by atoms with Crippen LogP contribution in [-0.4, -0.2) is 33.6 Å². The minimum Gasteiger partial charge on any atom is -0.493 e. The smallest absolute Gasteiger partial charge is 0.387 e. The number of allylic oxidation sites excluding steroid dienone is 1. The van der Waals surface area contributed by atoms with Gasteiger partial charge in [0.05, 0.1) is 7.11 Å². The Morgan fingerprint density at radius 2 is 1.76 bits per heavy atom. The first-order valence-electron chi connectivity index (χ1n) is 7.53. The number of carbonyl (C=O) groups excluding carboxylic acids is 1. The molecule has 2 aromatic carbocycles. The fraction of sp³-hybridized carbons (Fsp3) is 0.211. The Hall–Kier alpha value is -2.89. The fourth-order valence-corrected chi connectivity index (χ4v) is 2.18. The Balaban J connectivity index is 2.16. The number of ether oxygens (including phenoxy) is 2. The van der Waals surface area contributed by atoms with Gasteiger partial charge in [-0.3, -0.25) is 4.79 Å². The standard InChI is InChI=1S/C19H19F2NO3/c1-22(2)15-8-6-14(7-9-15)16(23)10-4-13-5-11-17(24-3)18(12-13)25-19(20)21/h4-12,19H,1-3H3/b10-4+. The average Bonchev–Trinajstić information content (AvgIpc) is 2.59. The molecule has 0 bridgehead atoms. The van der Waals surface area contributed by atoms with Crippen LogP contribution in [0.15, 0.2) is 48.5 Å². The molecule has 0 saturated heterocycles. The normalized spacial score (nSPS) is 11.0. The molecule has 2 rings (SSSR count). The van der Waals surface area contributed by atoms with Crippen LogP contribution >= 0.6 is 0 Å². The topological polar surface area (TPSA) is 38.8 Å². The predicted octanol–water partition coefficient (Wildman–Crippen LogP) is 4.26. The second-order valence-corrected chi connectivity index (χ2v) is 5.43. The first-order chi connectivity index (χ1) is 11.9. The van der Waals surface area contributed by atoms with E-state index in [0.717, 1.165) is 5.69 Å². The summed E-state index contributed by atoms with van der Waals surface area (Å²) in [4.78, 5) is 14.1. The van der Waals surface area contributed by atoms with E-state index in [0.29, 0.717) is 11.1 Å². The molecule has 2 aromatic rings. The van der Waals surface area contributed by atoms with E-state index in [1.807, 2.05) is 31.1 Å². The molecule has 0 aromatic heterocycles. The number of carbonyl (C=O) groups is 1. The van der Waals surface area contributed by atoms with E-state index >= 15 is 0 Å². The highest BCUT2D eigenvalue weighted by Crippen LogP contribution is 2.30. The molecule has 0 aliphatic rings. The Bertz CT molecular complexity index is 756. The zero-order valence-corrected chi connectivity index (χ0v) is 14.2. The lowest BCUT2D eigenvalue weighted by molar-refractivity contribution is -0.0512. The summed E-state index contributed by atoms with van der Waals surface area (Å²) in [7, 11) is 5.20. The molecule has 0 aliphatic heterocycles. The second-order valence-electron chi connectivity index (χ2n) is 5.43. The maximum atomic E-state index is 12.4. The van der Waals surface area contributed by atoms with Crippen molar-refractivity contribution in [3.8, 4) is 11.5 Å². The van der Waals surface area contributed by atoms with Crippen LogP contribution in [0.1, 0.15) is 15.9 Å². The molecule has 0 fully saturated rings. The summed E-state index contributed by atoms with van der Waals surface area (Å²) in [6.45, 7) is -2.95. The van der Waals surface area contributed by atoms with Gasteiger partial charge < -0.3 is 14.4 Å². The van der Waals surface area contributed by atoms with Gasteiger partial charge in [-0.15, -0.1) is 0 Å². The van der Waals surface area contributed by atoms with Gasteiger partial charge >= 0.3 is 6.61 Å². The van der Waals surface area contributed by atoms with Crippen LogP contribution < -0.4 is 14.4 Å². The maximum absolute atomic E-state index is 12.4. The molecule has 0 radical (unpaired) electrons. The summed E-state index contributed by atoms with van der Waals surface area (Å²) in [6.07, 6.45) is 2.93. The van der Waals surface area contributed by atoms with Crippen molar-refractivity contribution < 1.29 is 23.0 Å². The van der Waals surface area contributed by atoms with Gasteiger partial charge in [-0.05, 0) is 48.0 Å². The number of alkyl halides is 2. The number of halogens is 2. The van der Waals surface area contributed by atoms with Crippen molar-refractivity contribution in [3.05, 3.63) is 59.7 Å². The monoisotopic (exact) mass is 347 g/mol. The van der Waals surface area contributed by atoms with Crippen molar-refractivity contribution in [2.24, 2.45) is 0 Å². The van der Waals surface area contributed by atoms with Crippen LogP contribution in [0.4, 0.5) is 14.5 Å². The highest BCUT2D eigenvalue weighted by Gasteiger charge is 2.11. The van der Waals surface area contributed by atoms with Crippen molar-refractivity contribution in [1.29, 1.82) is 0 Å². The number of anilines is 1. The SMILES string of the molecule is COc1ccc(/C=C/C(=O)c2ccc(N(C)C)cc2)cc1OC(F)F. The van der Waals surface area contributed by atoms with E-state index in [1.54, 1.807) is 24.3 Å². The molecule has 0 saturated carbocycles. The minimum absolute atomic E-state index is 0.0811. The third kappa shape index (κ3) is 5.04. The van der Waals surface area contributed by atoms with Crippen LogP contribution in [0.3, 0.4) is 0 Å². The zero-order chi connectivity index (χ0) is 18.4. The average molecular weight is 347 g/mol. The lowest BCUT2D eigenvalue weighted by Crippen LogP contribution is -2.08. The predicted molar refractivity (Wildman–Crippen MR) is 93.8 cm³/mol. The summed E-state index contributed by atoms with van der Waals surface area (Å²) in [5.74, 6) is -0.0667. The van der Waals surface area contributed by atoms with Crippen LogP contribution in [0.5, 0.6) is 11.5 Å². The van der Waals surface area contributed by atoms with Gasteiger partial charge in [-0.1, -0.05) is 12.1 Å². The Morgan fingerprint density at radius 3 is 2.32 bits per heavy atom. The molecule has 0 N–H and O–H groups in total. The summed E-state index contributed by atoms with van der Waals surface area (Å²) >= 11 is 0. The lowest BCUT2D eigenvalue weighted by Gasteiger charge is -2.12. The zero-order valence-electron chi connectivity index (χ0n) is 14.2. The number of ketones is 1. The van der Waals surface area contributed by atoms with Crippen LogP contribution in [-0.2, 0) is 0 Å². The summed E-state index contributed by atoms with van der Waals surface area (Å²) in [6, 6.07) is 11.7. The number of methoxy groups -OCH3 is 1. The maximum Gasteiger partial charge on any atom is 0.387 e. The summed E-state index contributed by atoms with van der Waals surface area (Å²) in [5, 5.41) is 0. The van der Waals surface area contributed by atoms with E-state index in [1.165, 1.54) is 25.3 Å². The quantitative estimate of drug-likeness (QED) is 0.554. The number of rotatable bonds is 7. The molecule has 0 aliphatic carbocycles.